The molecular formula is C15H11NO3S2. The predicted molar refractivity (Wildman–Crippen MR) is 84.7 cm³/mol. The van der Waals surface area contributed by atoms with Crippen molar-refractivity contribution in [3.8, 4) is 5.75 Å². The molecule has 1 heterocycles. The van der Waals surface area contributed by atoms with E-state index < -0.39 is 10.0 Å². The zero-order valence-corrected chi connectivity index (χ0v) is 12.4. The van der Waals surface area contributed by atoms with Gasteiger partial charge in [0.15, 0.2) is 0 Å². The molecule has 3 aromatic rings. The molecule has 0 fully saturated rings. The van der Waals surface area contributed by atoms with Gasteiger partial charge in [-0.15, -0.1) is 11.3 Å². The van der Waals surface area contributed by atoms with Crippen molar-refractivity contribution in [3.05, 3.63) is 59.5 Å². The number of nitrogens with zero attached hydrogens (tertiary/aromatic N) is 1. The quantitative estimate of drug-likeness (QED) is 0.753. The van der Waals surface area contributed by atoms with E-state index in [9.17, 15) is 13.5 Å². The lowest BCUT2D eigenvalue weighted by Gasteiger charge is -2.04. The SMILES string of the molecule is O=S(=O)(/N=C/c1c(O)ccc2ccccc12)c1cccs1. The highest BCUT2D eigenvalue weighted by Gasteiger charge is 2.13. The first-order chi connectivity index (χ1) is 10.1. The number of benzene rings is 2. The lowest BCUT2D eigenvalue weighted by Crippen LogP contribution is -1.95. The summed E-state index contributed by atoms with van der Waals surface area (Å²) >= 11 is 1.11. The first kappa shape index (κ1) is 13.8. The zero-order valence-electron chi connectivity index (χ0n) is 10.8. The van der Waals surface area contributed by atoms with Gasteiger partial charge in [-0.3, -0.25) is 0 Å². The van der Waals surface area contributed by atoms with Crippen molar-refractivity contribution in [2.24, 2.45) is 4.40 Å². The van der Waals surface area contributed by atoms with E-state index in [0.717, 1.165) is 22.1 Å². The minimum atomic E-state index is -3.72. The summed E-state index contributed by atoms with van der Waals surface area (Å²) in [5.74, 6) is -0.00108. The second-order valence-corrected chi connectivity index (χ2v) is 7.17. The highest BCUT2D eigenvalue weighted by Crippen LogP contribution is 2.26. The Kier molecular flexibility index (Phi) is 3.48. The monoisotopic (exact) mass is 317 g/mol. The van der Waals surface area contributed by atoms with Gasteiger partial charge in [0, 0.05) is 5.56 Å². The first-order valence-corrected chi connectivity index (χ1v) is 8.44. The van der Waals surface area contributed by atoms with Gasteiger partial charge >= 0.3 is 0 Å². The Morgan fingerprint density at radius 3 is 2.62 bits per heavy atom. The van der Waals surface area contributed by atoms with Gasteiger partial charge in [-0.05, 0) is 28.3 Å². The summed E-state index contributed by atoms with van der Waals surface area (Å²) in [6, 6.07) is 13.9. The van der Waals surface area contributed by atoms with Crippen molar-refractivity contribution in [2.75, 3.05) is 0 Å². The lowest BCUT2D eigenvalue weighted by atomic mass is 10.0. The van der Waals surface area contributed by atoms with Crippen LogP contribution in [0.15, 0.2) is 62.5 Å². The maximum absolute atomic E-state index is 12.0. The number of phenols is 1. The van der Waals surface area contributed by atoms with E-state index >= 15 is 0 Å². The molecule has 3 rings (SSSR count). The third-order valence-electron chi connectivity index (χ3n) is 3.02. The van der Waals surface area contributed by atoms with Crippen molar-refractivity contribution in [3.63, 3.8) is 0 Å². The molecule has 21 heavy (non-hydrogen) atoms. The molecule has 106 valence electrons. The molecule has 0 unspecified atom stereocenters. The topological polar surface area (TPSA) is 66.7 Å². The molecule has 0 amide bonds. The van der Waals surface area contributed by atoms with Gasteiger partial charge < -0.3 is 5.11 Å². The van der Waals surface area contributed by atoms with Crippen molar-refractivity contribution in [1.82, 2.24) is 0 Å². The number of rotatable bonds is 3. The molecule has 4 nitrogen and oxygen atoms in total. The Bertz CT molecular complexity index is 913. The van der Waals surface area contributed by atoms with Crippen LogP contribution in [0.3, 0.4) is 0 Å². The van der Waals surface area contributed by atoms with Gasteiger partial charge in [-0.1, -0.05) is 36.4 Å². The van der Waals surface area contributed by atoms with E-state index in [1.807, 2.05) is 24.3 Å². The Labute approximate surface area is 126 Å². The van der Waals surface area contributed by atoms with Crippen LogP contribution in [-0.4, -0.2) is 19.7 Å². The molecule has 0 aliphatic rings. The molecule has 0 bridgehead atoms. The number of fused-ring (bicyclic) bond motifs is 1. The van der Waals surface area contributed by atoms with Crippen LogP contribution >= 0.6 is 11.3 Å². The Morgan fingerprint density at radius 1 is 1.05 bits per heavy atom. The summed E-state index contributed by atoms with van der Waals surface area (Å²) in [6.45, 7) is 0. The van der Waals surface area contributed by atoms with Crippen LogP contribution in [0.5, 0.6) is 5.75 Å². The summed E-state index contributed by atoms with van der Waals surface area (Å²) in [7, 11) is -3.72. The summed E-state index contributed by atoms with van der Waals surface area (Å²) in [4.78, 5) is 0. The third-order valence-corrected chi connectivity index (χ3v) is 5.63. The summed E-state index contributed by atoms with van der Waals surface area (Å²) in [5.41, 5.74) is 0.397. The summed E-state index contributed by atoms with van der Waals surface area (Å²) in [6.07, 6.45) is 1.20. The molecule has 0 saturated carbocycles. The van der Waals surface area contributed by atoms with Crippen LogP contribution in [-0.2, 0) is 10.0 Å². The van der Waals surface area contributed by atoms with E-state index in [-0.39, 0.29) is 9.96 Å². The molecule has 2 aromatic carbocycles. The van der Waals surface area contributed by atoms with Crippen LogP contribution in [0.25, 0.3) is 10.8 Å². The van der Waals surface area contributed by atoms with E-state index in [2.05, 4.69) is 4.40 Å². The summed E-state index contributed by atoms with van der Waals surface area (Å²) < 4.78 is 27.9. The fourth-order valence-corrected chi connectivity index (χ4v) is 3.83. The largest absolute Gasteiger partial charge is 0.507 e. The number of aromatic hydroxyl groups is 1. The van der Waals surface area contributed by atoms with Gasteiger partial charge in [-0.2, -0.15) is 12.8 Å². The minimum absolute atomic E-state index is 0.00108. The third kappa shape index (κ3) is 2.68. The van der Waals surface area contributed by atoms with Crippen LogP contribution in [0.2, 0.25) is 0 Å². The van der Waals surface area contributed by atoms with Gasteiger partial charge in [-0.25, -0.2) is 0 Å². The number of phenolic OH excluding ortho intramolecular Hbond substituents is 1. The van der Waals surface area contributed by atoms with Crippen molar-refractivity contribution < 1.29 is 13.5 Å². The smallest absolute Gasteiger partial charge is 0.291 e. The average Bonchev–Trinajstić information content (AvgIpc) is 3.01. The highest BCUT2D eigenvalue weighted by atomic mass is 32.2. The van der Waals surface area contributed by atoms with E-state index in [4.69, 9.17) is 0 Å². The zero-order chi connectivity index (χ0) is 14.9. The maximum Gasteiger partial charge on any atom is 0.291 e. The molecule has 0 atom stereocenters. The molecule has 0 aliphatic heterocycles. The average molecular weight is 317 g/mol. The summed E-state index contributed by atoms with van der Waals surface area (Å²) in [5, 5.41) is 13.3. The first-order valence-electron chi connectivity index (χ1n) is 6.12. The number of hydrogen-bond donors (Lipinski definition) is 1. The van der Waals surface area contributed by atoms with Crippen LogP contribution < -0.4 is 0 Å². The number of thiophene rings is 1. The predicted octanol–water partition coefficient (Wildman–Crippen LogP) is 3.41. The second kappa shape index (κ2) is 5.31. The van der Waals surface area contributed by atoms with E-state index in [1.54, 1.807) is 17.5 Å². The highest BCUT2D eigenvalue weighted by molar-refractivity contribution is 7.92. The Hall–Kier alpha value is -2.18. The van der Waals surface area contributed by atoms with Gasteiger partial charge in [0.05, 0.1) is 6.21 Å². The molecular weight excluding hydrogens is 306 g/mol. The van der Waals surface area contributed by atoms with Crippen LogP contribution in [0.1, 0.15) is 5.56 Å². The number of hydrogen-bond acceptors (Lipinski definition) is 4. The van der Waals surface area contributed by atoms with E-state index in [0.29, 0.717) is 5.56 Å². The van der Waals surface area contributed by atoms with Gasteiger partial charge in [0.1, 0.15) is 9.96 Å². The fraction of sp³-hybridized carbons (Fsp3) is 0. The molecule has 1 aromatic heterocycles. The number of sulfonamides is 1. The van der Waals surface area contributed by atoms with Crippen molar-refractivity contribution >= 4 is 38.3 Å². The van der Waals surface area contributed by atoms with E-state index in [1.165, 1.54) is 18.3 Å². The van der Waals surface area contributed by atoms with Crippen molar-refractivity contribution in [2.45, 2.75) is 4.21 Å². The molecule has 0 radical (unpaired) electrons. The molecule has 6 heteroatoms. The van der Waals surface area contributed by atoms with Gasteiger partial charge in [0.25, 0.3) is 10.0 Å². The lowest BCUT2D eigenvalue weighted by molar-refractivity contribution is 0.475. The molecule has 0 saturated heterocycles. The Balaban J connectivity index is 2.10. The second-order valence-electron chi connectivity index (χ2n) is 4.36. The molecule has 1 N–H and O–H groups in total. The van der Waals surface area contributed by atoms with Gasteiger partial charge in [0.2, 0.25) is 0 Å². The maximum atomic E-state index is 12.0. The molecule has 0 aliphatic carbocycles. The van der Waals surface area contributed by atoms with Crippen molar-refractivity contribution in [1.29, 1.82) is 0 Å². The molecule has 0 spiro atoms. The van der Waals surface area contributed by atoms with Crippen LogP contribution in [0.4, 0.5) is 0 Å². The minimum Gasteiger partial charge on any atom is -0.507 e. The Morgan fingerprint density at radius 2 is 1.86 bits per heavy atom. The standard InChI is InChI=1S/C15H11NO3S2/c17-14-8-7-11-4-1-2-5-12(11)13(14)10-16-21(18,19)15-6-3-9-20-15/h1-10,17H/b16-10+. The fourth-order valence-electron chi connectivity index (χ4n) is 2.00. The normalized spacial score (nSPS) is 12.2. The van der Waals surface area contributed by atoms with Crippen LogP contribution in [0, 0.1) is 0 Å².